The molecule has 0 spiro atoms. The van der Waals surface area contributed by atoms with Crippen molar-refractivity contribution in [1.82, 2.24) is 9.80 Å². The van der Waals surface area contributed by atoms with Gasteiger partial charge in [-0.2, -0.15) is 0 Å². The maximum Gasteiger partial charge on any atom is 0.256 e. The van der Waals surface area contributed by atoms with E-state index in [1.165, 1.54) is 32.4 Å². The zero-order valence-corrected chi connectivity index (χ0v) is 15.7. The van der Waals surface area contributed by atoms with E-state index in [0.29, 0.717) is 5.92 Å². The van der Waals surface area contributed by atoms with Crippen LogP contribution in [0.25, 0.3) is 0 Å². The van der Waals surface area contributed by atoms with Crippen LogP contribution in [0.15, 0.2) is 30.3 Å². The zero-order valence-electron chi connectivity index (χ0n) is 15.7. The summed E-state index contributed by atoms with van der Waals surface area (Å²) in [6, 6.07) is 9.85. The zero-order chi connectivity index (χ0) is 17.6. The molecule has 2 aliphatic heterocycles. The highest BCUT2D eigenvalue weighted by molar-refractivity contribution is 5.82. The number of carbonyl (C=O) groups is 1. The Morgan fingerprint density at radius 1 is 1.16 bits per heavy atom. The predicted octanol–water partition coefficient (Wildman–Crippen LogP) is 3.34. The molecule has 1 amide bonds. The molecule has 2 fully saturated rings. The van der Waals surface area contributed by atoms with E-state index >= 15 is 0 Å². The summed E-state index contributed by atoms with van der Waals surface area (Å²) < 4.78 is 5.55. The first kappa shape index (κ1) is 18.4. The number of amides is 1. The SMILES string of the molecule is COC(C(=O)N1CCCC(CN2CCC(C)CC2)C1)c1ccccc1. The normalized spacial score (nSPS) is 24.2. The first-order valence-electron chi connectivity index (χ1n) is 9.76. The van der Waals surface area contributed by atoms with Crippen LogP contribution in [0.3, 0.4) is 0 Å². The number of methoxy groups -OCH3 is 1. The second-order valence-electron chi connectivity index (χ2n) is 7.80. The molecule has 4 nitrogen and oxygen atoms in total. The highest BCUT2D eigenvalue weighted by Crippen LogP contribution is 2.25. The maximum atomic E-state index is 13.0. The number of hydrogen-bond acceptors (Lipinski definition) is 3. The van der Waals surface area contributed by atoms with Gasteiger partial charge in [0.2, 0.25) is 0 Å². The Labute approximate surface area is 152 Å². The summed E-state index contributed by atoms with van der Waals surface area (Å²) in [5.74, 6) is 1.58. The van der Waals surface area contributed by atoms with Crippen molar-refractivity contribution in [1.29, 1.82) is 0 Å². The molecule has 2 saturated heterocycles. The fourth-order valence-corrected chi connectivity index (χ4v) is 4.20. The lowest BCUT2D eigenvalue weighted by molar-refractivity contribution is -0.144. The number of ether oxygens (including phenoxy) is 1. The van der Waals surface area contributed by atoms with Crippen LogP contribution in [0.1, 0.15) is 44.3 Å². The molecule has 0 aromatic heterocycles. The number of carbonyl (C=O) groups excluding carboxylic acids is 1. The molecular weight excluding hydrogens is 312 g/mol. The summed E-state index contributed by atoms with van der Waals surface area (Å²) in [5.41, 5.74) is 0.946. The van der Waals surface area contributed by atoms with Crippen LogP contribution >= 0.6 is 0 Å². The van der Waals surface area contributed by atoms with Crippen molar-refractivity contribution in [3.05, 3.63) is 35.9 Å². The molecule has 0 saturated carbocycles. The lowest BCUT2D eigenvalue weighted by Gasteiger charge is -2.38. The average molecular weight is 344 g/mol. The minimum absolute atomic E-state index is 0.116. The predicted molar refractivity (Wildman–Crippen MR) is 100 cm³/mol. The Bertz CT molecular complexity index is 540. The van der Waals surface area contributed by atoms with Gasteiger partial charge < -0.3 is 14.5 Å². The number of piperidine rings is 2. The van der Waals surface area contributed by atoms with Gasteiger partial charge in [0.25, 0.3) is 5.91 Å². The molecule has 2 atom stereocenters. The van der Waals surface area contributed by atoms with Crippen LogP contribution in [0.4, 0.5) is 0 Å². The summed E-state index contributed by atoms with van der Waals surface area (Å²) >= 11 is 0. The molecule has 138 valence electrons. The van der Waals surface area contributed by atoms with Gasteiger partial charge >= 0.3 is 0 Å². The molecule has 4 heteroatoms. The molecule has 2 aliphatic rings. The smallest absolute Gasteiger partial charge is 0.256 e. The highest BCUT2D eigenvalue weighted by Gasteiger charge is 2.31. The van der Waals surface area contributed by atoms with Gasteiger partial charge in [0, 0.05) is 26.7 Å². The van der Waals surface area contributed by atoms with Crippen molar-refractivity contribution in [2.45, 2.75) is 38.7 Å². The molecule has 0 N–H and O–H groups in total. The number of nitrogens with zero attached hydrogens (tertiary/aromatic N) is 2. The van der Waals surface area contributed by atoms with Crippen LogP contribution in [0, 0.1) is 11.8 Å². The molecule has 2 heterocycles. The first-order valence-corrected chi connectivity index (χ1v) is 9.76. The molecule has 0 radical (unpaired) electrons. The van der Waals surface area contributed by atoms with Gasteiger partial charge in [-0.15, -0.1) is 0 Å². The summed E-state index contributed by atoms with van der Waals surface area (Å²) in [4.78, 5) is 17.6. The summed E-state index contributed by atoms with van der Waals surface area (Å²) in [6.45, 7) is 7.66. The Balaban J connectivity index is 1.57. The molecule has 25 heavy (non-hydrogen) atoms. The molecule has 2 unspecified atom stereocenters. The second kappa shape index (κ2) is 8.81. The largest absolute Gasteiger partial charge is 0.367 e. The third-order valence-corrected chi connectivity index (χ3v) is 5.79. The second-order valence-corrected chi connectivity index (χ2v) is 7.80. The summed E-state index contributed by atoms with van der Waals surface area (Å²) in [6.07, 6.45) is 4.49. The molecular formula is C21H32N2O2. The van der Waals surface area contributed by atoms with Gasteiger partial charge in [-0.1, -0.05) is 37.3 Å². The molecule has 3 rings (SSSR count). The number of benzene rings is 1. The van der Waals surface area contributed by atoms with Crippen LogP contribution < -0.4 is 0 Å². The summed E-state index contributed by atoms with van der Waals surface area (Å²) in [7, 11) is 1.63. The van der Waals surface area contributed by atoms with E-state index in [4.69, 9.17) is 4.74 Å². The van der Waals surface area contributed by atoms with Crippen LogP contribution in [0.2, 0.25) is 0 Å². The van der Waals surface area contributed by atoms with E-state index in [0.717, 1.165) is 37.5 Å². The minimum atomic E-state index is -0.476. The van der Waals surface area contributed by atoms with E-state index in [9.17, 15) is 4.79 Å². The fraction of sp³-hybridized carbons (Fsp3) is 0.667. The standard InChI is InChI=1S/C21H32N2O2/c1-17-10-13-22(14-11-17)15-18-7-6-12-23(16-18)21(24)20(25-2)19-8-4-3-5-9-19/h3-5,8-9,17-18,20H,6-7,10-16H2,1-2H3. The Morgan fingerprint density at radius 2 is 1.88 bits per heavy atom. The van der Waals surface area contributed by atoms with E-state index in [1.807, 2.05) is 35.2 Å². The van der Waals surface area contributed by atoms with Gasteiger partial charge in [-0.05, 0) is 56.2 Å². The number of hydrogen-bond donors (Lipinski definition) is 0. The van der Waals surface area contributed by atoms with E-state index in [1.54, 1.807) is 7.11 Å². The van der Waals surface area contributed by atoms with Crippen molar-refractivity contribution in [2.75, 3.05) is 39.8 Å². The Hall–Kier alpha value is -1.39. The number of rotatable bonds is 5. The van der Waals surface area contributed by atoms with E-state index in [2.05, 4.69) is 11.8 Å². The molecule has 1 aromatic carbocycles. The van der Waals surface area contributed by atoms with Crippen LogP contribution in [-0.2, 0) is 9.53 Å². The topological polar surface area (TPSA) is 32.8 Å². The van der Waals surface area contributed by atoms with Gasteiger partial charge in [0.05, 0.1) is 0 Å². The first-order chi connectivity index (χ1) is 12.2. The van der Waals surface area contributed by atoms with Gasteiger partial charge in [-0.25, -0.2) is 0 Å². The van der Waals surface area contributed by atoms with Gasteiger partial charge in [0.1, 0.15) is 0 Å². The maximum absolute atomic E-state index is 13.0. The Morgan fingerprint density at radius 3 is 2.56 bits per heavy atom. The fourth-order valence-electron chi connectivity index (χ4n) is 4.20. The molecule has 1 aromatic rings. The van der Waals surface area contributed by atoms with Gasteiger partial charge in [-0.3, -0.25) is 4.79 Å². The van der Waals surface area contributed by atoms with Crippen LogP contribution in [-0.4, -0.2) is 55.5 Å². The third-order valence-electron chi connectivity index (χ3n) is 5.79. The minimum Gasteiger partial charge on any atom is -0.367 e. The molecule has 0 aliphatic carbocycles. The van der Waals surface area contributed by atoms with Crippen molar-refractivity contribution in [3.63, 3.8) is 0 Å². The highest BCUT2D eigenvalue weighted by atomic mass is 16.5. The monoisotopic (exact) mass is 344 g/mol. The van der Waals surface area contributed by atoms with Crippen molar-refractivity contribution in [2.24, 2.45) is 11.8 Å². The lowest BCUT2D eigenvalue weighted by Crippen LogP contribution is -2.46. The average Bonchev–Trinajstić information content (AvgIpc) is 2.65. The Kier molecular flexibility index (Phi) is 6.49. The lowest BCUT2D eigenvalue weighted by atomic mass is 9.94. The quantitative estimate of drug-likeness (QED) is 0.821. The molecule has 0 bridgehead atoms. The van der Waals surface area contributed by atoms with Crippen molar-refractivity contribution in [3.8, 4) is 0 Å². The van der Waals surface area contributed by atoms with Crippen LogP contribution in [0.5, 0.6) is 0 Å². The summed E-state index contributed by atoms with van der Waals surface area (Å²) in [5, 5.41) is 0. The number of likely N-dealkylation sites (tertiary alicyclic amines) is 2. The van der Waals surface area contributed by atoms with E-state index in [-0.39, 0.29) is 5.91 Å². The van der Waals surface area contributed by atoms with Gasteiger partial charge in [0.15, 0.2) is 6.10 Å². The van der Waals surface area contributed by atoms with Crippen molar-refractivity contribution >= 4 is 5.91 Å². The van der Waals surface area contributed by atoms with Crippen molar-refractivity contribution < 1.29 is 9.53 Å². The van der Waals surface area contributed by atoms with E-state index < -0.39 is 6.10 Å². The third kappa shape index (κ3) is 4.83.